The normalized spacial score (nSPS) is 12.1. The first kappa shape index (κ1) is 21.1. The van der Waals surface area contributed by atoms with Gasteiger partial charge in [0.1, 0.15) is 4.70 Å². The number of aromatic nitrogens is 3. The SMILES string of the molecule is C=CCn1c(S[C@@H](C)C(=O)c2[nH]c(C)c(C(=O)OC)c2C)nc2ccsc2c1=O. The number of H-pyrrole nitrogens is 1. The molecule has 0 radical (unpaired) electrons. The lowest BCUT2D eigenvalue weighted by atomic mass is 10.1. The number of thioether (sulfide) groups is 1. The molecule has 3 heterocycles. The van der Waals surface area contributed by atoms with Crippen molar-refractivity contribution < 1.29 is 14.3 Å². The predicted octanol–water partition coefficient (Wildman–Crippen LogP) is 3.74. The Bertz CT molecular complexity index is 1170. The minimum absolute atomic E-state index is 0.146. The number of ketones is 1. The van der Waals surface area contributed by atoms with Gasteiger partial charge in [0.2, 0.25) is 0 Å². The largest absolute Gasteiger partial charge is 0.465 e. The minimum atomic E-state index is -0.531. The summed E-state index contributed by atoms with van der Waals surface area (Å²) in [5.41, 5.74) is 2.33. The van der Waals surface area contributed by atoms with Crippen molar-refractivity contribution in [3.63, 3.8) is 0 Å². The van der Waals surface area contributed by atoms with Gasteiger partial charge >= 0.3 is 5.97 Å². The summed E-state index contributed by atoms with van der Waals surface area (Å²) in [6, 6.07) is 1.79. The van der Waals surface area contributed by atoms with Gasteiger partial charge in [-0.25, -0.2) is 9.78 Å². The molecule has 0 aliphatic carbocycles. The fourth-order valence-corrected chi connectivity index (χ4v) is 4.88. The van der Waals surface area contributed by atoms with Crippen LogP contribution >= 0.6 is 23.1 Å². The van der Waals surface area contributed by atoms with E-state index in [2.05, 4.69) is 16.5 Å². The molecular weight excluding hydrogens is 410 g/mol. The third kappa shape index (κ3) is 3.79. The number of methoxy groups -OCH3 is 1. The molecule has 0 saturated carbocycles. The molecule has 0 spiro atoms. The second-order valence-electron chi connectivity index (χ2n) is 6.47. The van der Waals surface area contributed by atoms with Crippen LogP contribution in [0, 0.1) is 13.8 Å². The summed E-state index contributed by atoms with van der Waals surface area (Å²) >= 11 is 2.55. The van der Waals surface area contributed by atoms with Crippen LogP contribution in [0.3, 0.4) is 0 Å². The van der Waals surface area contributed by atoms with E-state index in [1.807, 2.05) is 5.38 Å². The molecule has 0 aromatic carbocycles. The summed E-state index contributed by atoms with van der Waals surface area (Å²) in [7, 11) is 1.30. The van der Waals surface area contributed by atoms with Gasteiger partial charge in [-0.1, -0.05) is 17.8 Å². The van der Waals surface area contributed by atoms with Gasteiger partial charge in [0.15, 0.2) is 10.9 Å². The Balaban J connectivity index is 1.97. The molecule has 1 atom stereocenters. The highest BCUT2D eigenvalue weighted by Crippen LogP contribution is 2.28. The molecule has 0 aliphatic heterocycles. The third-order valence-corrected chi connectivity index (χ3v) is 6.55. The number of thiophene rings is 1. The number of allylic oxidation sites excluding steroid dienone is 1. The zero-order chi connectivity index (χ0) is 21.3. The van der Waals surface area contributed by atoms with E-state index in [0.717, 1.165) is 0 Å². The molecule has 0 bridgehead atoms. The number of rotatable bonds is 7. The number of Topliss-reactive ketones (excluding diaryl/α,β-unsaturated/α-hetero) is 1. The number of esters is 1. The fourth-order valence-electron chi connectivity index (χ4n) is 3.12. The molecule has 0 saturated heterocycles. The lowest BCUT2D eigenvalue weighted by molar-refractivity contribution is 0.0599. The van der Waals surface area contributed by atoms with Gasteiger partial charge in [0.25, 0.3) is 5.56 Å². The summed E-state index contributed by atoms with van der Waals surface area (Å²) < 4.78 is 6.90. The van der Waals surface area contributed by atoms with Gasteiger partial charge in [0.05, 0.1) is 29.1 Å². The highest BCUT2D eigenvalue weighted by atomic mass is 32.2. The number of hydrogen-bond donors (Lipinski definition) is 1. The van der Waals surface area contributed by atoms with Crippen LogP contribution in [0.15, 0.2) is 34.1 Å². The minimum Gasteiger partial charge on any atom is -0.465 e. The van der Waals surface area contributed by atoms with Gasteiger partial charge in [-0.05, 0) is 37.8 Å². The number of nitrogens with zero attached hydrogens (tertiary/aromatic N) is 2. The molecule has 1 N–H and O–H groups in total. The second kappa shape index (κ2) is 8.38. The third-order valence-electron chi connectivity index (χ3n) is 4.57. The number of carbonyl (C=O) groups excluding carboxylic acids is 2. The summed E-state index contributed by atoms with van der Waals surface area (Å²) in [6.45, 7) is 9.20. The summed E-state index contributed by atoms with van der Waals surface area (Å²) in [6.07, 6.45) is 1.63. The van der Waals surface area contributed by atoms with Crippen molar-refractivity contribution >= 4 is 45.1 Å². The maximum Gasteiger partial charge on any atom is 0.339 e. The van der Waals surface area contributed by atoms with Gasteiger partial charge in [-0.2, -0.15) is 0 Å². The van der Waals surface area contributed by atoms with Crippen LogP contribution in [0.25, 0.3) is 10.2 Å². The number of aryl methyl sites for hydroxylation is 1. The number of fused-ring (bicyclic) bond motifs is 1. The first-order chi connectivity index (χ1) is 13.8. The van der Waals surface area contributed by atoms with E-state index in [1.165, 1.54) is 34.8 Å². The molecule has 152 valence electrons. The molecule has 7 nitrogen and oxygen atoms in total. The molecule has 3 aromatic rings. The zero-order valence-electron chi connectivity index (χ0n) is 16.6. The van der Waals surface area contributed by atoms with Crippen LogP contribution < -0.4 is 5.56 Å². The lowest BCUT2D eigenvalue weighted by Gasteiger charge is -2.14. The number of aromatic amines is 1. The maximum atomic E-state index is 13.1. The van der Waals surface area contributed by atoms with Crippen molar-refractivity contribution in [1.82, 2.24) is 14.5 Å². The van der Waals surface area contributed by atoms with Gasteiger partial charge in [-0.15, -0.1) is 17.9 Å². The van der Waals surface area contributed by atoms with Crippen molar-refractivity contribution in [2.24, 2.45) is 0 Å². The lowest BCUT2D eigenvalue weighted by Crippen LogP contribution is -2.24. The first-order valence-corrected chi connectivity index (χ1v) is 10.6. The quantitative estimate of drug-likeness (QED) is 0.201. The number of hydrogen-bond acceptors (Lipinski definition) is 7. The molecule has 0 unspecified atom stereocenters. The summed E-state index contributed by atoms with van der Waals surface area (Å²) in [4.78, 5) is 45.4. The highest BCUT2D eigenvalue weighted by molar-refractivity contribution is 8.00. The van der Waals surface area contributed by atoms with E-state index in [-0.39, 0.29) is 11.3 Å². The Morgan fingerprint density at radius 2 is 2.17 bits per heavy atom. The van der Waals surface area contributed by atoms with Crippen LogP contribution in [-0.4, -0.2) is 38.6 Å². The van der Waals surface area contributed by atoms with Crippen molar-refractivity contribution in [2.45, 2.75) is 37.7 Å². The van der Waals surface area contributed by atoms with E-state index in [0.29, 0.717) is 44.4 Å². The Kier molecular flexibility index (Phi) is 6.09. The number of ether oxygens (including phenoxy) is 1. The van der Waals surface area contributed by atoms with Crippen molar-refractivity contribution in [3.8, 4) is 0 Å². The molecule has 0 aliphatic rings. The van der Waals surface area contributed by atoms with Crippen LogP contribution in [0.2, 0.25) is 0 Å². The molecule has 0 amide bonds. The Morgan fingerprint density at radius 3 is 2.83 bits per heavy atom. The number of carbonyl (C=O) groups is 2. The van der Waals surface area contributed by atoms with Gasteiger partial charge in [-0.3, -0.25) is 14.2 Å². The van der Waals surface area contributed by atoms with Gasteiger partial charge < -0.3 is 9.72 Å². The predicted molar refractivity (Wildman–Crippen MR) is 115 cm³/mol. The highest BCUT2D eigenvalue weighted by Gasteiger charge is 2.27. The Morgan fingerprint density at radius 1 is 1.45 bits per heavy atom. The van der Waals surface area contributed by atoms with E-state index < -0.39 is 11.2 Å². The monoisotopic (exact) mass is 431 g/mol. The van der Waals surface area contributed by atoms with Crippen molar-refractivity contribution in [2.75, 3.05) is 7.11 Å². The summed E-state index contributed by atoms with van der Waals surface area (Å²) in [5.74, 6) is -0.671. The van der Waals surface area contributed by atoms with Crippen molar-refractivity contribution in [3.05, 3.63) is 57.0 Å². The Hall–Kier alpha value is -2.65. The van der Waals surface area contributed by atoms with E-state index in [4.69, 9.17) is 4.74 Å². The van der Waals surface area contributed by atoms with E-state index in [9.17, 15) is 14.4 Å². The number of nitrogens with one attached hydrogen (secondary N) is 1. The average Bonchev–Trinajstić information content (AvgIpc) is 3.27. The van der Waals surface area contributed by atoms with Crippen LogP contribution in [-0.2, 0) is 11.3 Å². The molecule has 3 rings (SSSR count). The second-order valence-corrected chi connectivity index (χ2v) is 8.70. The first-order valence-electron chi connectivity index (χ1n) is 8.87. The molecule has 9 heteroatoms. The average molecular weight is 432 g/mol. The standard InChI is InChI=1S/C20H21N3O4S2/c1-6-8-23-18(25)17-13(7-9-28-17)22-20(23)29-12(4)16(24)15-10(2)14(11(3)21-15)19(26)27-5/h6-7,9,12,21H,1,8H2,2-5H3/t12-/m0/s1. The fraction of sp³-hybridized carbons (Fsp3) is 0.300. The van der Waals surface area contributed by atoms with E-state index in [1.54, 1.807) is 32.9 Å². The van der Waals surface area contributed by atoms with Crippen molar-refractivity contribution in [1.29, 1.82) is 0 Å². The van der Waals surface area contributed by atoms with E-state index >= 15 is 0 Å². The molecule has 29 heavy (non-hydrogen) atoms. The summed E-state index contributed by atoms with van der Waals surface area (Å²) in [5, 5.41) is 1.74. The topological polar surface area (TPSA) is 94.1 Å². The van der Waals surface area contributed by atoms with Gasteiger partial charge in [0, 0.05) is 12.2 Å². The van der Waals surface area contributed by atoms with Crippen LogP contribution in [0.5, 0.6) is 0 Å². The maximum absolute atomic E-state index is 13.1. The Labute approximate surface area is 175 Å². The molecule has 3 aromatic heterocycles. The smallest absolute Gasteiger partial charge is 0.339 e. The van der Waals surface area contributed by atoms with Crippen LogP contribution in [0.1, 0.15) is 39.0 Å². The molecule has 0 fully saturated rings. The van der Waals surface area contributed by atoms with Crippen LogP contribution in [0.4, 0.5) is 0 Å². The molecular formula is C20H21N3O4S2. The zero-order valence-corrected chi connectivity index (χ0v) is 18.2.